The molecule has 0 unspecified atom stereocenters. The first-order chi connectivity index (χ1) is 12.4. The maximum Gasteiger partial charge on any atom is 0.331 e. The van der Waals surface area contributed by atoms with Gasteiger partial charge in [0.1, 0.15) is 0 Å². The highest BCUT2D eigenvalue weighted by Crippen LogP contribution is 2.16. The van der Waals surface area contributed by atoms with Crippen molar-refractivity contribution in [2.24, 2.45) is 5.73 Å². The van der Waals surface area contributed by atoms with Crippen molar-refractivity contribution < 1.29 is 14.7 Å². The highest BCUT2D eigenvalue weighted by Gasteiger charge is 2.08. The number of guanidine groups is 1. The molecule has 26 heavy (non-hydrogen) atoms. The molecule has 6 N–H and O–H groups in total. The summed E-state index contributed by atoms with van der Waals surface area (Å²) in [6.07, 6.45) is 2.03. The molecule has 0 atom stereocenters. The van der Waals surface area contributed by atoms with Crippen LogP contribution in [0, 0.1) is 5.41 Å². The van der Waals surface area contributed by atoms with Crippen LogP contribution in [-0.2, 0) is 4.79 Å². The smallest absolute Gasteiger partial charge is 0.331 e. The molecule has 0 fully saturated rings. The normalized spacial score (nSPS) is 10.9. The van der Waals surface area contributed by atoms with E-state index in [9.17, 15) is 9.59 Å². The minimum absolute atomic E-state index is 0.209. The Labute approximate surface area is 151 Å². The number of benzene rings is 2. The maximum atomic E-state index is 12.3. The lowest BCUT2D eigenvalue weighted by atomic mass is 10.1. The minimum Gasteiger partial charge on any atom is -0.478 e. The number of hydrogen-bond donors (Lipinski definition) is 5. The largest absolute Gasteiger partial charge is 0.478 e. The standard InChI is InChI=1S/C19H20N4O3/c1-2-13(18(25)26)10-12-6-8-15(9-7-12)22-17(24)14-4-3-5-16(11-14)23-19(20)21/h3-11H,2H2,1H3,(H,22,24)(H,25,26)(H4,20,21,23)/b13-10+. The number of nitrogens with one attached hydrogen (secondary N) is 3. The van der Waals surface area contributed by atoms with E-state index in [0.717, 1.165) is 5.56 Å². The molecule has 0 bridgehead atoms. The van der Waals surface area contributed by atoms with Gasteiger partial charge in [-0.05, 0) is 48.4 Å². The summed E-state index contributed by atoms with van der Waals surface area (Å²) >= 11 is 0. The molecule has 2 rings (SSSR count). The summed E-state index contributed by atoms with van der Waals surface area (Å²) in [6.45, 7) is 1.78. The Bertz CT molecular complexity index is 857. The molecule has 2 aromatic rings. The molecule has 0 heterocycles. The van der Waals surface area contributed by atoms with E-state index in [-0.39, 0.29) is 11.9 Å². The fourth-order valence-corrected chi connectivity index (χ4v) is 2.28. The average molecular weight is 352 g/mol. The number of carboxylic acid groups (broad SMARTS) is 1. The van der Waals surface area contributed by atoms with Crippen molar-refractivity contribution in [3.8, 4) is 0 Å². The number of hydrogen-bond acceptors (Lipinski definition) is 3. The molecule has 0 aromatic heterocycles. The van der Waals surface area contributed by atoms with E-state index in [1.807, 2.05) is 0 Å². The first-order valence-corrected chi connectivity index (χ1v) is 7.95. The number of carboxylic acids is 1. The van der Waals surface area contributed by atoms with Crippen molar-refractivity contribution in [2.45, 2.75) is 13.3 Å². The zero-order valence-corrected chi connectivity index (χ0v) is 14.2. The minimum atomic E-state index is -0.941. The Hall–Kier alpha value is -3.61. The van der Waals surface area contributed by atoms with Crippen LogP contribution in [0.3, 0.4) is 0 Å². The number of anilines is 2. The van der Waals surface area contributed by atoms with E-state index in [1.165, 1.54) is 0 Å². The molecule has 7 nitrogen and oxygen atoms in total. The van der Waals surface area contributed by atoms with Crippen molar-refractivity contribution in [1.29, 1.82) is 5.41 Å². The Morgan fingerprint density at radius 1 is 1.12 bits per heavy atom. The number of amides is 1. The highest BCUT2D eigenvalue weighted by atomic mass is 16.4. The molecule has 0 aliphatic carbocycles. The van der Waals surface area contributed by atoms with Crippen molar-refractivity contribution in [1.82, 2.24) is 0 Å². The van der Waals surface area contributed by atoms with Gasteiger partial charge in [-0.2, -0.15) is 0 Å². The molecule has 134 valence electrons. The lowest BCUT2D eigenvalue weighted by Gasteiger charge is -2.08. The highest BCUT2D eigenvalue weighted by molar-refractivity contribution is 6.05. The van der Waals surface area contributed by atoms with Gasteiger partial charge in [-0.1, -0.05) is 25.1 Å². The predicted octanol–water partition coefficient (Wildman–Crippen LogP) is 3.12. The van der Waals surface area contributed by atoms with E-state index in [2.05, 4.69) is 10.6 Å². The van der Waals surface area contributed by atoms with Gasteiger partial charge < -0.3 is 21.5 Å². The monoisotopic (exact) mass is 352 g/mol. The third-order valence-electron chi connectivity index (χ3n) is 3.57. The average Bonchev–Trinajstić information content (AvgIpc) is 2.60. The number of rotatable bonds is 6. The zero-order chi connectivity index (χ0) is 19.1. The summed E-state index contributed by atoms with van der Waals surface area (Å²) in [5.74, 6) is -1.46. The molecule has 0 radical (unpaired) electrons. The van der Waals surface area contributed by atoms with Crippen LogP contribution in [-0.4, -0.2) is 22.9 Å². The first kappa shape index (κ1) is 18.7. The van der Waals surface area contributed by atoms with Crippen LogP contribution in [0.5, 0.6) is 0 Å². The van der Waals surface area contributed by atoms with Gasteiger partial charge in [0.15, 0.2) is 5.96 Å². The van der Waals surface area contributed by atoms with Gasteiger partial charge in [0.05, 0.1) is 0 Å². The summed E-state index contributed by atoms with van der Waals surface area (Å²) in [6, 6.07) is 13.5. The lowest BCUT2D eigenvalue weighted by Crippen LogP contribution is -2.20. The fraction of sp³-hybridized carbons (Fsp3) is 0.105. The van der Waals surface area contributed by atoms with E-state index in [4.69, 9.17) is 16.2 Å². The Morgan fingerprint density at radius 2 is 1.81 bits per heavy atom. The SMILES string of the molecule is CC/C(=C\c1ccc(NC(=O)c2cccc(NC(=N)N)c2)cc1)C(=O)O. The van der Waals surface area contributed by atoms with Gasteiger partial charge in [-0.3, -0.25) is 10.2 Å². The number of carbonyl (C=O) groups is 2. The Kier molecular flexibility index (Phi) is 6.10. The summed E-state index contributed by atoms with van der Waals surface area (Å²) in [7, 11) is 0. The molecular weight excluding hydrogens is 332 g/mol. The summed E-state index contributed by atoms with van der Waals surface area (Å²) in [4.78, 5) is 23.4. The predicted molar refractivity (Wildman–Crippen MR) is 102 cm³/mol. The van der Waals surface area contributed by atoms with Crippen LogP contribution in [0.1, 0.15) is 29.3 Å². The first-order valence-electron chi connectivity index (χ1n) is 7.95. The van der Waals surface area contributed by atoms with E-state index in [0.29, 0.717) is 28.9 Å². The fourth-order valence-electron chi connectivity index (χ4n) is 2.28. The van der Waals surface area contributed by atoms with Crippen LogP contribution in [0.4, 0.5) is 11.4 Å². The quantitative estimate of drug-likeness (QED) is 0.310. The molecule has 0 spiro atoms. The van der Waals surface area contributed by atoms with Crippen molar-refractivity contribution in [3.05, 3.63) is 65.2 Å². The van der Waals surface area contributed by atoms with Gasteiger partial charge in [-0.15, -0.1) is 0 Å². The summed E-state index contributed by atoms with van der Waals surface area (Å²) < 4.78 is 0. The van der Waals surface area contributed by atoms with Crippen molar-refractivity contribution in [3.63, 3.8) is 0 Å². The van der Waals surface area contributed by atoms with Crippen molar-refractivity contribution in [2.75, 3.05) is 10.6 Å². The third-order valence-corrected chi connectivity index (χ3v) is 3.57. The summed E-state index contributed by atoms with van der Waals surface area (Å²) in [5.41, 5.74) is 7.90. The molecule has 0 saturated heterocycles. The van der Waals surface area contributed by atoms with Crippen LogP contribution in [0.2, 0.25) is 0 Å². The third kappa shape index (κ3) is 5.20. The second kappa shape index (κ2) is 8.48. The molecule has 2 aromatic carbocycles. The van der Waals surface area contributed by atoms with Crippen LogP contribution >= 0.6 is 0 Å². The zero-order valence-electron chi connectivity index (χ0n) is 14.2. The van der Waals surface area contributed by atoms with E-state index >= 15 is 0 Å². The molecule has 1 amide bonds. The van der Waals surface area contributed by atoms with Crippen LogP contribution in [0.15, 0.2) is 54.1 Å². The van der Waals surface area contributed by atoms with Gasteiger partial charge in [0.25, 0.3) is 5.91 Å². The van der Waals surface area contributed by atoms with E-state index < -0.39 is 5.97 Å². The van der Waals surface area contributed by atoms with Gasteiger partial charge >= 0.3 is 5.97 Å². The van der Waals surface area contributed by atoms with E-state index in [1.54, 1.807) is 61.5 Å². The second-order valence-corrected chi connectivity index (χ2v) is 5.52. The van der Waals surface area contributed by atoms with Crippen LogP contribution < -0.4 is 16.4 Å². The molecule has 7 heteroatoms. The Balaban J connectivity index is 2.10. The molecule has 0 aliphatic heterocycles. The van der Waals surface area contributed by atoms with Gasteiger partial charge in [0.2, 0.25) is 0 Å². The number of nitrogens with two attached hydrogens (primary N) is 1. The molecule has 0 aliphatic rings. The van der Waals surface area contributed by atoms with Gasteiger partial charge in [0, 0.05) is 22.5 Å². The number of aliphatic carboxylic acids is 1. The second-order valence-electron chi connectivity index (χ2n) is 5.52. The number of carbonyl (C=O) groups excluding carboxylic acids is 1. The topological polar surface area (TPSA) is 128 Å². The maximum absolute atomic E-state index is 12.3. The molecular formula is C19H20N4O3. The van der Waals surface area contributed by atoms with Crippen LogP contribution in [0.25, 0.3) is 6.08 Å². The lowest BCUT2D eigenvalue weighted by molar-refractivity contribution is -0.132. The molecule has 0 saturated carbocycles. The van der Waals surface area contributed by atoms with Crippen molar-refractivity contribution >= 4 is 35.3 Å². The Morgan fingerprint density at radius 3 is 2.38 bits per heavy atom. The summed E-state index contributed by atoms with van der Waals surface area (Å²) in [5, 5.41) is 21.7. The van der Waals surface area contributed by atoms with Gasteiger partial charge in [-0.25, -0.2) is 4.79 Å².